The normalized spacial score (nSPS) is 15.8. The van der Waals surface area contributed by atoms with Crippen LogP contribution in [0.1, 0.15) is 18.1 Å². The van der Waals surface area contributed by atoms with Crippen molar-refractivity contribution in [1.82, 2.24) is 4.90 Å². The second-order valence-corrected chi connectivity index (χ2v) is 5.80. The van der Waals surface area contributed by atoms with Crippen LogP contribution in [0.3, 0.4) is 0 Å². The van der Waals surface area contributed by atoms with E-state index >= 15 is 0 Å². The van der Waals surface area contributed by atoms with E-state index in [1.807, 2.05) is 60.7 Å². The maximum atomic E-state index is 13.0. The minimum absolute atomic E-state index is 0.189. The topological polar surface area (TPSA) is 46.6 Å². The molecule has 0 saturated carbocycles. The van der Waals surface area contributed by atoms with E-state index in [0.717, 1.165) is 11.1 Å². The molecule has 2 aromatic rings. The van der Waals surface area contributed by atoms with Gasteiger partial charge in [0, 0.05) is 5.70 Å². The molecule has 126 valence electrons. The highest BCUT2D eigenvalue weighted by Crippen LogP contribution is 2.32. The minimum Gasteiger partial charge on any atom is -0.465 e. The second kappa shape index (κ2) is 7.18. The largest absolute Gasteiger partial charge is 0.465 e. The Morgan fingerprint density at radius 2 is 1.64 bits per heavy atom. The van der Waals surface area contributed by atoms with Gasteiger partial charge in [-0.25, -0.2) is 4.79 Å². The number of esters is 1. The molecular formula is C21H19NO3. The molecule has 3 rings (SSSR count). The number of benzene rings is 2. The minimum atomic E-state index is -0.497. The molecule has 4 nitrogen and oxygen atoms in total. The summed E-state index contributed by atoms with van der Waals surface area (Å²) in [6.07, 6.45) is 1.74. The second-order valence-electron chi connectivity index (χ2n) is 5.80. The molecule has 0 spiro atoms. The van der Waals surface area contributed by atoms with Gasteiger partial charge in [0.1, 0.15) is 0 Å². The van der Waals surface area contributed by atoms with E-state index in [1.165, 1.54) is 7.11 Å². The predicted molar refractivity (Wildman–Crippen MR) is 96.1 cm³/mol. The number of nitrogens with zero attached hydrogens (tertiary/aromatic N) is 1. The Labute approximate surface area is 147 Å². The van der Waals surface area contributed by atoms with Gasteiger partial charge in [0.25, 0.3) is 5.91 Å². The van der Waals surface area contributed by atoms with Crippen molar-refractivity contribution in [2.24, 2.45) is 0 Å². The third kappa shape index (κ3) is 3.38. The molecule has 0 unspecified atom stereocenters. The lowest BCUT2D eigenvalue weighted by atomic mass is 10.0. The van der Waals surface area contributed by atoms with Crippen molar-refractivity contribution < 1.29 is 14.3 Å². The van der Waals surface area contributed by atoms with Gasteiger partial charge in [-0.2, -0.15) is 0 Å². The van der Waals surface area contributed by atoms with Crippen LogP contribution in [-0.2, 0) is 20.9 Å². The lowest BCUT2D eigenvalue weighted by molar-refractivity contribution is -0.136. The number of amides is 1. The van der Waals surface area contributed by atoms with Gasteiger partial charge in [0.15, 0.2) is 0 Å². The summed E-state index contributed by atoms with van der Waals surface area (Å²) in [5, 5.41) is 0. The first-order valence-electron chi connectivity index (χ1n) is 8.04. The average molecular weight is 333 g/mol. The molecule has 0 aromatic heterocycles. The van der Waals surface area contributed by atoms with Gasteiger partial charge >= 0.3 is 5.97 Å². The maximum absolute atomic E-state index is 13.0. The third-order valence-corrected chi connectivity index (χ3v) is 4.20. The van der Waals surface area contributed by atoms with Crippen LogP contribution in [0.5, 0.6) is 0 Å². The molecule has 0 N–H and O–H groups in total. The summed E-state index contributed by atoms with van der Waals surface area (Å²) in [5.41, 5.74) is 3.17. The molecule has 0 radical (unpaired) electrons. The fourth-order valence-electron chi connectivity index (χ4n) is 2.90. The summed E-state index contributed by atoms with van der Waals surface area (Å²) in [6.45, 7) is 2.19. The Morgan fingerprint density at radius 1 is 1.04 bits per heavy atom. The van der Waals surface area contributed by atoms with Crippen LogP contribution in [0.4, 0.5) is 0 Å². The van der Waals surface area contributed by atoms with Crippen LogP contribution < -0.4 is 0 Å². The molecule has 4 heteroatoms. The number of carbonyl (C=O) groups is 2. The lowest BCUT2D eigenvalue weighted by Crippen LogP contribution is -2.24. The monoisotopic (exact) mass is 333 g/mol. The summed E-state index contributed by atoms with van der Waals surface area (Å²) in [4.78, 5) is 26.9. The summed E-state index contributed by atoms with van der Waals surface area (Å²) in [6, 6.07) is 19.2. The molecule has 0 fully saturated rings. The number of allylic oxidation sites excluding steroid dienone is 1. The molecule has 1 amide bonds. The Bertz CT molecular complexity index is 851. The van der Waals surface area contributed by atoms with Gasteiger partial charge in [-0.15, -0.1) is 0 Å². The Hall–Kier alpha value is -3.14. The van der Waals surface area contributed by atoms with Crippen molar-refractivity contribution in [3.05, 3.63) is 88.6 Å². The van der Waals surface area contributed by atoms with E-state index in [2.05, 4.69) is 0 Å². The highest BCUT2D eigenvalue weighted by Gasteiger charge is 2.36. The van der Waals surface area contributed by atoms with E-state index in [0.29, 0.717) is 23.4 Å². The maximum Gasteiger partial charge on any atom is 0.340 e. The Balaban J connectivity index is 2.02. The average Bonchev–Trinajstić information content (AvgIpc) is 2.87. The first-order valence-corrected chi connectivity index (χ1v) is 8.04. The van der Waals surface area contributed by atoms with Gasteiger partial charge < -0.3 is 9.64 Å². The summed E-state index contributed by atoms with van der Waals surface area (Å²) < 4.78 is 4.90. The van der Waals surface area contributed by atoms with E-state index in [4.69, 9.17) is 4.74 Å². The van der Waals surface area contributed by atoms with Gasteiger partial charge in [-0.1, -0.05) is 60.7 Å². The number of carbonyl (C=O) groups excluding carboxylic acids is 2. The molecule has 0 aliphatic carbocycles. The SMILES string of the molecule is COC(=O)C1=C(C)N(Cc2ccccc2)C(=O)C1=Cc1ccccc1. The van der Waals surface area contributed by atoms with Crippen LogP contribution in [0.2, 0.25) is 0 Å². The van der Waals surface area contributed by atoms with Crippen molar-refractivity contribution in [2.45, 2.75) is 13.5 Å². The third-order valence-electron chi connectivity index (χ3n) is 4.20. The molecule has 1 aliphatic rings. The highest BCUT2D eigenvalue weighted by atomic mass is 16.5. The molecule has 1 heterocycles. The highest BCUT2D eigenvalue weighted by molar-refractivity contribution is 6.16. The van der Waals surface area contributed by atoms with Gasteiger partial charge in [0.2, 0.25) is 0 Å². The van der Waals surface area contributed by atoms with Gasteiger partial charge in [0.05, 0.1) is 24.8 Å². The molecule has 2 aromatic carbocycles. The van der Waals surface area contributed by atoms with Crippen molar-refractivity contribution in [3.63, 3.8) is 0 Å². The summed E-state index contributed by atoms with van der Waals surface area (Å²) >= 11 is 0. The summed E-state index contributed by atoms with van der Waals surface area (Å²) in [7, 11) is 1.33. The van der Waals surface area contributed by atoms with Crippen molar-refractivity contribution in [3.8, 4) is 0 Å². The van der Waals surface area contributed by atoms with Gasteiger partial charge in [-0.3, -0.25) is 4.79 Å². The smallest absolute Gasteiger partial charge is 0.340 e. The zero-order chi connectivity index (χ0) is 17.8. The quantitative estimate of drug-likeness (QED) is 0.635. The van der Waals surface area contributed by atoms with Crippen LogP contribution in [-0.4, -0.2) is 23.9 Å². The van der Waals surface area contributed by atoms with Crippen LogP contribution in [0, 0.1) is 0 Å². The van der Waals surface area contributed by atoms with Crippen LogP contribution >= 0.6 is 0 Å². The molecule has 1 aliphatic heterocycles. The fraction of sp³-hybridized carbons (Fsp3) is 0.143. The standard InChI is InChI=1S/C21H19NO3/c1-15-19(21(24)25-2)18(13-16-9-5-3-6-10-16)20(23)22(15)14-17-11-7-4-8-12-17/h3-13H,14H2,1-2H3. The number of rotatable bonds is 4. The molecule has 0 saturated heterocycles. The van der Waals surface area contributed by atoms with Crippen molar-refractivity contribution in [2.75, 3.05) is 7.11 Å². The number of methoxy groups -OCH3 is 1. The first-order chi connectivity index (χ1) is 12.1. The number of ether oxygens (including phenoxy) is 1. The first kappa shape index (κ1) is 16.7. The zero-order valence-electron chi connectivity index (χ0n) is 14.2. The van der Waals surface area contributed by atoms with Crippen LogP contribution in [0.25, 0.3) is 6.08 Å². The molecule has 25 heavy (non-hydrogen) atoms. The van der Waals surface area contributed by atoms with E-state index in [-0.39, 0.29) is 5.91 Å². The fourth-order valence-corrected chi connectivity index (χ4v) is 2.90. The van der Waals surface area contributed by atoms with Crippen molar-refractivity contribution in [1.29, 1.82) is 0 Å². The lowest BCUT2D eigenvalue weighted by Gasteiger charge is -2.17. The molecule has 0 bridgehead atoms. The van der Waals surface area contributed by atoms with Gasteiger partial charge in [-0.05, 0) is 24.1 Å². The number of hydrogen-bond acceptors (Lipinski definition) is 3. The zero-order valence-corrected chi connectivity index (χ0v) is 14.2. The van der Waals surface area contributed by atoms with Crippen molar-refractivity contribution >= 4 is 18.0 Å². The van der Waals surface area contributed by atoms with E-state index < -0.39 is 5.97 Å². The number of hydrogen-bond donors (Lipinski definition) is 0. The Morgan fingerprint density at radius 3 is 2.24 bits per heavy atom. The summed E-state index contributed by atoms with van der Waals surface area (Å²) in [5.74, 6) is -0.686. The van der Waals surface area contributed by atoms with E-state index in [9.17, 15) is 9.59 Å². The van der Waals surface area contributed by atoms with E-state index in [1.54, 1.807) is 17.9 Å². The molecule has 0 atom stereocenters. The Kier molecular flexibility index (Phi) is 4.80. The molecular weight excluding hydrogens is 314 g/mol. The van der Waals surface area contributed by atoms with Crippen LogP contribution in [0.15, 0.2) is 77.5 Å². The predicted octanol–water partition coefficient (Wildman–Crippen LogP) is 3.56.